The number of benzene rings is 2. The summed E-state index contributed by atoms with van der Waals surface area (Å²) in [6.45, 7) is 4.18. The first-order chi connectivity index (χ1) is 10.8. The largest absolute Gasteiger partial charge is 0.358 e. The predicted octanol–water partition coefficient (Wildman–Crippen LogP) is 4.83. The highest BCUT2D eigenvalue weighted by atomic mass is 16.1. The van der Waals surface area contributed by atoms with Crippen LogP contribution in [0.5, 0.6) is 0 Å². The molecule has 0 saturated heterocycles. The van der Waals surface area contributed by atoms with Gasteiger partial charge < -0.3 is 9.78 Å². The first-order valence-electron chi connectivity index (χ1n) is 7.83. The van der Waals surface area contributed by atoms with Crippen molar-refractivity contribution in [2.75, 3.05) is 0 Å². The summed E-state index contributed by atoms with van der Waals surface area (Å²) in [5.74, 6) is 0.0835. The van der Waals surface area contributed by atoms with Crippen LogP contribution in [0.1, 0.15) is 36.1 Å². The van der Waals surface area contributed by atoms with Gasteiger partial charge in [-0.3, -0.25) is 0 Å². The second-order valence-electron chi connectivity index (χ2n) is 5.81. The van der Waals surface area contributed by atoms with Crippen molar-refractivity contribution in [2.45, 2.75) is 26.2 Å². The SMILES string of the molecule is CC[C@@H](C=O)[C@@H](c1ccccc1)c1c(C)[nH]c2ccccc12. The van der Waals surface area contributed by atoms with Crippen molar-refractivity contribution in [3.05, 3.63) is 71.4 Å². The van der Waals surface area contributed by atoms with E-state index in [-0.39, 0.29) is 11.8 Å². The standard InChI is InChI=1S/C20H21NO/c1-3-15(13-22)20(16-9-5-4-6-10-16)19-14(2)21-18-12-8-7-11-17(18)19/h4-13,15,20-21H,3H2,1-2H3/t15-,20-/m0/s1. The van der Waals surface area contributed by atoms with Crippen molar-refractivity contribution in [3.63, 3.8) is 0 Å². The van der Waals surface area contributed by atoms with Crippen molar-refractivity contribution in [1.29, 1.82) is 0 Å². The van der Waals surface area contributed by atoms with Crippen molar-refractivity contribution in [2.24, 2.45) is 5.92 Å². The highest BCUT2D eigenvalue weighted by Crippen LogP contribution is 2.38. The van der Waals surface area contributed by atoms with Crippen LogP contribution >= 0.6 is 0 Å². The molecule has 0 spiro atoms. The summed E-state index contributed by atoms with van der Waals surface area (Å²) >= 11 is 0. The fourth-order valence-electron chi connectivity index (χ4n) is 3.40. The van der Waals surface area contributed by atoms with Crippen molar-refractivity contribution in [1.82, 2.24) is 4.98 Å². The number of hydrogen-bond donors (Lipinski definition) is 1. The van der Waals surface area contributed by atoms with Gasteiger partial charge in [-0.05, 0) is 30.5 Å². The molecule has 0 aliphatic carbocycles. The van der Waals surface area contributed by atoms with Gasteiger partial charge in [0.25, 0.3) is 0 Å². The van der Waals surface area contributed by atoms with E-state index in [0.29, 0.717) is 0 Å². The molecule has 1 N–H and O–H groups in total. The molecule has 0 bridgehead atoms. The Labute approximate surface area is 131 Å². The van der Waals surface area contributed by atoms with E-state index >= 15 is 0 Å². The lowest BCUT2D eigenvalue weighted by atomic mass is 9.79. The first kappa shape index (κ1) is 14.6. The lowest BCUT2D eigenvalue weighted by Crippen LogP contribution is -2.16. The number of hydrogen-bond acceptors (Lipinski definition) is 1. The maximum absolute atomic E-state index is 11.7. The molecule has 0 aliphatic heterocycles. The molecule has 0 unspecified atom stereocenters. The third kappa shape index (κ3) is 2.45. The molecule has 0 amide bonds. The number of aldehydes is 1. The number of fused-ring (bicyclic) bond motifs is 1. The quantitative estimate of drug-likeness (QED) is 0.671. The van der Waals surface area contributed by atoms with Crippen LogP contribution in [-0.2, 0) is 4.79 Å². The summed E-state index contributed by atoms with van der Waals surface area (Å²) < 4.78 is 0. The Morgan fingerprint density at radius 3 is 2.41 bits per heavy atom. The zero-order chi connectivity index (χ0) is 15.5. The van der Waals surface area contributed by atoms with E-state index in [9.17, 15) is 4.79 Å². The van der Waals surface area contributed by atoms with Crippen LogP contribution in [0.2, 0.25) is 0 Å². The molecule has 0 saturated carbocycles. The minimum Gasteiger partial charge on any atom is -0.358 e. The summed E-state index contributed by atoms with van der Waals surface area (Å²) in [7, 11) is 0. The van der Waals surface area contributed by atoms with Gasteiger partial charge in [-0.2, -0.15) is 0 Å². The van der Waals surface area contributed by atoms with E-state index in [0.717, 1.165) is 23.9 Å². The highest BCUT2D eigenvalue weighted by Gasteiger charge is 2.27. The fourth-order valence-corrected chi connectivity index (χ4v) is 3.40. The van der Waals surface area contributed by atoms with E-state index < -0.39 is 0 Å². The monoisotopic (exact) mass is 291 g/mol. The molecule has 2 heteroatoms. The number of rotatable bonds is 5. The molecular formula is C20H21NO. The fraction of sp³-hybridized carbons (Fsp3) is 0.250. The van der Waals surface area contributed by atoms with Gasteiger partial charge in [-0.15, -0.1) is 0 Å². The Morgan fingerprint density at radius 2 is 1.73 bits per heavy atom. The summed E-state index contributed by atoms with van der Waals surface area (Å²) in [6.07, 6.45) is 1.95. The molecule has 0 fully saturated rings. The lowest BCUT2D eigenvalue weighted by molar-refractivity contribution is -0.111. The Kier molecular flexibility index (Phi) is 4.10. The molecule has 3 rings (SSSR count). The maximum Gasteiger partial charge on any atom is 0.124 e. The van der Waals surface area contributed by atoms with E-state index in [1.165, 1.54) is 16.5 Å². The summed E-state index contributed by atoms with van der Waals surface area (Å²) in [4.78, 5) is 15.1. The summed E-state index contributed by atoms with van der Waals surface area (Å²) in [5.41, 5.74) is 4.74. The first-order valence-corrected chi connectivity index (χ1v) is 7.83. The lowest BCUT2D eigenvalue weighted by Gasteiger charge is -2.23. The molecule has 1 aromatic heterocycles. The molecule has 2 atom stereocenters. The van der Waals surface area contributed by atoms with E-state index in [1.807, 2.05) is 24.3 Å². The molecule has 2 nitrogen and oxygen atoms in total. The van der Waals surface area contributed by atoms with Gasteiger partial charge in [0.15, 0.2) is 0 Å². The summed E-state index contributed by atoms with van der Waals surface area (Å²) in [6, 6.07) is 18.7. The molecule has 112 valence electrons. The van der Waals surface area contributed by atoms with Gasteiger partial charge in [0.1, 0.15) is 6.29 Å². The zero-order valence-corrected chi connectivity index (χ0v) is 13.0. The number of aromatic nitrogens is 1. The number of aryl methyl sites for hydroxylation is 1. The smallest absolute Gasteiger partial charge is 0.124 e. The number of aromatic amines is 1. The van der Waals surface area contributed by atoms with E-state index in [4.69, 9.17) is 0 Å². The van der Waals surface area contributed by atoms with Crippen LogP contribution in [0.3, 0.4) is 0 Å². The molecule has 0 radical (unpaired) electrons. The van der Waals surface area contributed by atoms with Crippen LogP contribution in [0, 0.1) is 12.8 Å². The maximum atomic E-state index is 11.7. The molecule has 22 heavy (non-hydrogen) atoms. The van der Waals surface area contributed by atoms with Crippen LogP contribution < -0.4 is 0 Å². The molecule has 2 aromatic carbocycles. The van der Waals surface area contributed by atoms with E-state index in [1.54, 1.807) is 0 Å². The van der Waals surface area contributed by atoms with Crippen LogP contribution in [-0.4, -0.2) is 11.3 Å². The van der Waals surface area contributed by atoms with Crippen LogP contribution in [0.15, 0.2) is 54.6 Å². The van der Waals surface area contributed by atoms with Gasteiger partial charge >= 0.3 is 0 Å². The average molecular weight is 291 g/mol. The van der Waals surface area contributed by atoms with Gasteiger partial charge in [-0.25, -0.2) is 0 Å². The van der Waals surface area contributed by atoms with Gasteiger partial charge in [-0.1, -0.05) is 55.5 Å². The molecule has 1 heterocycles. The zero-order valence-electron chi connectivity index (χ0n) is 13.0. The third-order valence-electron chi connectivity index (χ3n) is 4.49. The number of carbonyl (C=O) groups excluding carboxylic acids is 1. The van der Waals surface area contributed by atoms with Gasteiger partial charge in [0.2, 0.25) is 0 Å². The Bertz CT molecular complexity index is 773. The van der Waals surface area contributed by atoms with Crippen molar-refractivity contribution >= 4 is 17.2 Å². The number of nitrogens with one attached hydrogen (secondary N) is 1. The van der Waals surface area contributed by atoms with Crippen LogP contribution in [0.4, 0.5) is 0 Å². The minimum absolute atomic E-state index is 0.0136. The Balaban J connectivity index is 2.24. The number of para-hydroxylation sites is 1. The topological polar surface area (TPSA) is 32.9 Å². The number of carbonyl (C=O) groups is 1. The van der Waals surface area contributed by atoms with Gasteiger partial charge in [0, 0.05) is 28.4 Å². The second kappa shape index (κ2) is 6.18. The van der Waals surface area contributed by atoms with E-state index in [2.05, 4.69) is 49.2 Å². The average Bonchev–Trinajstić information content (AvgIpc) is 2.89. The normalized spacial score (nSPS) is 13.9. The predicted molar refractivity (Wildman–Crippen MR) is 91.2 cm³/mol. The summed E-state index contributed by atoms with van der Waals surface area (Å²) in [5, 5.41) is 1.22. The van der Waals surface area contributed by atoms with Crippen LogP contribution in [0.25, 0.3) is 10.9 Å². The molecular weight excluding hydrogens is 270 g/mol. The second-order valence-corrected chi connectivity index (χ2v) is 5.81. The minimum atomic E-state index is -0.0136. The van der Waals surface area contributed by atoms with Crippen molar-refractivity contribution in [3.8, 4) is 0 Å². The molecule has 0 aliphatic rings. The third-order valence-corrected chi connectivity index (χ3v) is 4.49. The van der Waals surface area contributed by atoms with Gasteiger partial charge in [0.05, 0.1) is 0 Å². The highest BCUT2D eigenvalue weighted by molar-refractivity contribution is 5.86. The van der Waals surface area contributed by atoms with Crippen molar-refractivity contribution < 1.29 is 4.79 Å². The molecule has 3 aromatic rings. The number of H-pyrrole nitrogens is 1. The Hall–Kier alpha value is -2.35. The Morgan fingerprint density at radius 1 is 1.05 bits per heavy atom.